The normalized spacial score (nSPS) is 16.3. The summed E-state index contributed by atoms with van der Waals surface area (Å²) in [5.41, 5.74) is 1.43. The summed E-state index contributed by atoms with van der Waals surface area (Å²) in [5, 5.41) is 2.93. The zero-order chi connectivity index (χ0) is 21.5. The molecule has 0 saturated carbocycles. The second-order valence-electron chi connectivity index (χ2n) is 7.17. The lowest BCUT2D eigenvalue weighted by Crippen LogP contribution is -2.41. The van der Waals surface area contributed by atoms with Gasteiger partial charge in [-0.15, -0.1) is 0 Å². The molecule has 2 heterocycles. The molecule has 0 spiro atoms. The predicted molar refractivity (Wildman–Crippen MR) is 120 cm³/mol. The van der Waals surface area contributed by atoms with Gasteiger partial charge in [0.05, 0.1) is 30.9 Å². The molecule has 1 N–H and O–H groups in total. The maximum absolute atomic E-state index is 12.6. The Morgan fingerprint density at radius 2 is 2.23 bits per heavy atom. The monoisotopic (exact) mass is 477 g/mol. The van der Waals surface area contributed by atoms with E-state index in [1.165, 1.54) is 0 Å². The second-order valence-corrected chi connectivity index (χ2v) is 8.03. The van der Waals surface area contributed by atoms with Gasteiger partial charge in [0.25, 0.3) is 5.91 Å². The highest BCUT2D eigenvalue weighted by Crippen LogP contribution is 2.36. The van der Waals surface area contributed by atoms with Gasteiger partial charge in [-0.2, -0.15) is 0 Å². The molecule has 0 radical (unpaired) electrons. The van der Waals surface area contributed by atoms with Crippen LogP contribution in [0.25, 0.3) is 0 Å². The van der Waals surface area contributed by atoms with Gasteiger partial charge in [0.1, 0.15) is 5.82 Å². The van der Waals surface area contributed by atoms with Gasteiger partial charge in [0, 0.05) is 31.4 Å². The van der Waals surface area contributed by atoms with E-state index in [4.69, 9.17) is 14.2 Å². The fraction of sp³-hybridized carbons (Fsp3) is 0.455. The summed E-state index contributed by atoms with van der Waals surface area (Å²) in [5.74, 6) is 1.86. The van der Waals surface area contributed by atoms with E-state index in [1.54, 1.807) is 25.4 Å². The lowest BCUT2D eigenvalue weighted by molar-refractivity contribution is 0.0529. The number of aromatic nitrogens is 1. The summed E-state index contributed by atoms with van der Waals surface area (Å²) in [4.78, 5) is 19.4. The van der Waals surface area contributed by atoms with Crippen LogP contribution in [0.1, 0.15) is 36.2 Å². The summed E-state index contributed by atoms with van der Waals surface area (Å²) in [6.45, 7) is 7.44. The molecule has 3 rings (SSSR count). The number of pyridine rings is 1. The minimum Gasteiger partial charge on any atom is -0.493 e. The number of amides is 1. The third-order valence-corrected chi connectivity index (χ3v) is 5.36. The number of carbonyl (C=O) groups is 1. The summed E-state index contributed by atoms with van der Waals surface area (Å²) in [6, 6.07) is 7.40. The third-order valence-electron chi connectivity index (χ3n) is 4.77. The Morgan fingerprint density at radius 3 is 2.90 bits per heavy atom. The smallest absolute Gasteiger partial charge is 0.251 e. The van der Waals surface area contributed by atoms with Crippen LogP contribution in [-0.4, -0.2) is 50.4 Å². The predicted octanol–water partition coefficient (Wildman–Crippen LogP) is 3.80. The maximum atomic E-state index is 12.6. The van der Waals surface area contributed by atoms with Crippen molar-refractivity contribution in [1.82, 2.24) is 10.3 Å². The number of carbonyl (C=O) groups excluding carboxylic acids is 1. The molecule has 2 aromatic rings. The summed E-state index contributed by atoms with van der Waals surface area (Å²) in [7, 11) is 1.56. The Balaban J connectivity index is 1.62. The first-order chi connectivity index (χ1) is 14.5. The standard InChI is InChI=1S/C22H28BrN3O4/c1-4-8-30-21-18(23)10-17(11-19(21)28-3)22(27)25-13-16-5-6-20(24-12-16)26-7-9-29-15(2)14-26/h5-6,10-12,15H,4,7-9,13-14H2,1-3H3,(H,25,27). The van der Waals surface area contributed by atoms with E-state index in [0.717, 1.165) is 30.9 Å². The Hall–Kier alpha value is -2.32. The summed E-state index contributed by atoms with van der Waals surface area (Å²) >= 11 is 3.47. The average molecular weight is 478 g/mol. The molecule has 1 atom stereocenters. The van der Waals surface area contributed by atoms with Crippen molar-refractivity contribution >= 4 is 27.7 Å². The zero-order valence-electron chi connectivity index (χ0n) is 17.6. The van der Waals surface area contributed by atoms with Crippen molar-refractivity contribution in [2.45, 2.75) is 32.9 Å². The number of hydrogen-bond acceptors (Lipinski definition) is 6. The van der Waals surface area contributed by atoms with Gasteiger partial charge in [-0.1, -0.05) is 13.0 Å². The van der Waals surface area contributed by atoms with Crippen LogP contribution in [0.5, 0.6) is 11.5 Å². The molecule has 1 aliphatic heterocycles. The molecule has 7 nitrogen and oxygen atoms in total. The van der Waals surface area contributed by atoms with Crippen LogP contribution in [-0.2, 0) is 11.3 Å². The number of rotatable bonds is 8. The maximum Gasteiger partial charge on any atom is 0.251 e. The van der Waals surface area contributed by atoms with E-state index in [2.05, 4.69) is 38.1 Å². The molecule has 0 aliphatic carbocycles. The number of morpholine rings is 1. The number of benzene rings is 1. The Labute approximate surface area is 185 Å². The average Bonchev–Trinajstić information content (AvgIpc) is 2.76. The van der Waals surface area contributed by atoms with Crippen molar-refractivity contribution in [2.24, 2.45) is 0 Å². The minimum atomic E-state index is -0.192. The minimum absolute atomic E-state index is 0.192. The number of ether oxygens (including phenoxy) is 3. The molecule has 1 unspecified atom stereocenters. The highest BCUT2D eigenvalue weighted by atomic mass is 79.9. The van der Waals surface area contributed by atoms with Crippen molar-refractivity contribution in [1.29, 1.82) is 0 Å². The number of nitrogens with zero attached hydrogens (tertiary/aromatic N) is 2. The van der Waals surface area contributed by atoms with Crippen LogP contribution < -0.4 is 19.7 Å². The topological polar surface area (TPSA) is 72.9 Å². The van der Waals surface area contributed by atoms with Gasteiger partial charge in [-0.25, -0.2) is 4.98 Å². The molecule has 1 amide bonds. The second kappa shape index (κ2) is 10.6. The van der Waals surface area contributed by atoms with Crippen LogP contribution >= 0.6 is 15.9 Å². The van der Waals surface area contributed by atoms with Gasteiger partial charge >= 0.3 is 0 Å². The Morgan fingerprint density at radius 1 is 1.40 bits per heavy atom. The molecular weight excluding hydrogens is 450 g/mol. The largest absolute Gasteiger partial charge is 0.493 e. The fourth-order valence-electron chi connectivity index (χ4n) is 3.21. The molecule has 8 heteroatoms. The molecule has 30 heavy (non-hydrogen) atoms. The van der Waals surface area contributed by atoms with Crippen LogP contribution in [0.2, 0.25) is 0 Å². The highest BCUT2D eigenvalue weighted by Gasteiger charge is 2.18. The van der Waals surface area contributed by atoms with E-state index in [0.29, 0.717) is 41.3 Å². The number of nitrogens with one attached hydrogen (secondary N) is 1. The molecule has 1 aromatic heterocycles. The van der Waals surface area contributed by atoms with Crippen molar-refractivity contribution in [3.05, 3.63) is 46.1 Å². The van der Waals surface area contributed by atoms with Crippen molar-refractivity contribution in [2.75, 3.05) is 38.3 Å². The van der Waals surface area contributed by atoms with Crippen molar-refractivity contribution in [3.63, 3.8) is 0 Å². The Bertz CT molecular complexity index is 860. The van der Waals surface area contributed by atoms with E-state index >= 15 is 0 Å². The molecular formula is C22H28BrN3O4. The molecule has 0 bridgehead atoms. The van der Waals surface area contributed by atoms with Gasteiger partial charge in [-0.3, -0.25) is 4.79 Å². The van der Waals surface area contributed by atoms with Gasteiger partial charge in [0.15, 0.2) is 11.5 Å². The van der Waals surface area contributed by atoms with Gasteiger partial charge in [-0.05, 0) is 53.0 Å². The number of methoxy groups -OCH3 is 1. The quantitative estimate of drug-likeness (QED) is 0.623. The molecule has 1 saturated heterocycles. The first kappa shape index (κ1) is 22.4. The third kappa shape index (κ3) is 5.64. The summed E-state index contributed by atoms with van der Waals surface area (Å²) < 4.78 is 17.4. The Kier molecular flexibility index (Phi) is 7.93. The SMILES string of the molecule is CCCOc1c(Br)cc(C(=O)NCc2ccc(N3CCOC(C)C3)nc2)cc1OC. The van der Waals surface area contributed by atoms with E-state index in [-0.39, 0.29) is 12.0 Å². The van der Waals surface area contributed by atoms with Crippen LogP contribution in [0.3, 0.4) is 0 Å². The van der Waals surface area contributed by atoms with Crippen LogP contribution in [0.4, 0.5) is 5.82 Å². The molecule has 162 valence electrons. The summed E-state index contributed by atoms with van der Waals surface area (Å²) in [6.07, 6.45) is 2.89. The van der Waals surface area contributed by atoms with Crippen molar-refractivity contribution < 1.29 is 19.0 Å². The first-order valence-corrected chi connectivity index (χ1v) is 10.9. The molecule has 1 aromatic carbocycles. The number of hydrogen-bond donors (Lipinski definition) is 1. The molecule has 1 fully saturated rings. The van der Waals surface area contributed by atoms with Crippen molar-refractivity contribution in [3.8, 4) is 11.5 Å². The lowest BCUT2D eigenvalue weighted by atomic mass is 10.1. The van der Waals surface area contributed by atoms with Crippen LogP contribution in [0.15, 0.2) is 34.9 Å². The number of anilines is 1. The molecule has 1 aliphatic rings. The number of halogens is 1. The van der Waals surface area contributed by atoms with Crippen LogP contribution in [0, 0.1) is 0 Å². The lowest BCUT2D eigenvalue weighted by Gasteiger charge is -2.32. The zero-order valence-corrected chi connectivity index (χ0v) is 19.2. The van der Waals surface area contributed by atoms with E-state index < -0.39 is 0 Å². The highest BCUT2D eigenvalue weighted by molar-refractivity contribution is 9.10. The van der Waals surface area contributed by atoms with E-state index in [1.807, 2.05) is 19.1 Å². The van der Waals surface area contributed by atoms with E-state index in [9.17, 15) is 4.79 Å². The fourth-order valence-corrected chi connectivity index (χ4v) is 3.77. The van der Waals surface area contributed by atoms with Gasteiger partial charge < -0.3 is 24.4 Å². The first-order valence-electron chi connectivity index (χ1n) is 10.1. The van der Waals surface area contributed by atoms with Gasteiger partial charge in [0.2, 0.25) is 0 Å².